The fraction of sp³-hybridized carbons (Fsp3) is 0.0833. The smallest absolute Gasteiger partial charge is 0.161 e. The van der Waals surface area contributed by atoms with E-state index in [-0.39, 0.29) is 0 Å². The van der Waals surface area contributed by atoms with Crippen molar-refractivity contribution in [1.29, 1.82) is 0 Å². The minimum absolute atomic E-state index is 0.331. The van der Waals surface area contributed by atoms with Crippen LogP contribution in [0.15, 0.2) is 24.3 Å². The first-order valence-corrected chi connectivity index (χ1v) is 6.50. The number of aromatic nitrogens is 1. The summed E-state index contributed by atoms with van der Waals surface area (Å²) in [6, 6.07) is 7.16. The quantitative estimate of drug-likeness (QED) is 0.580. The molecule has 7 heteroatoms. The standard InChI is InChI=1S/C12H11Cl3N4/c1-6-2-3-7(13)10(4-6)17-11-8(14)5-9(15)12(18-11)19-16/h2-5H,16H2,1H3,(H2,17,18,19). The Balaban J connectivity index is 2.40. The van der Waals surface area contributed by atoms with E-state index in [1.165, 1.54) is 0 Å². The molecule has 0 saturated carbocycles. The molecule has 1 heterocycles. The van der Waals surface area contributed by atoms with E-state index in [4.69, 9.17) is 40.6 Å². The monoisotopic (exact) mass is 316 g/mol. The Labute approximate surface area is 125 Å². The lowest BCUT2D eigenvalue weighted by molar-refractivity contribution is 1.22. The molecule has 0 aliphatic carbocycles. The van der Waals surface area contributed by atoms with Crippen LogP contribution in [0, 0.1) is 6.92 Å². The Bertz CT molecular complexity index is 616. The van der Waals surface area contributed by atoms with Gasteiger partial charge in [0.25, 0.3) is 0 Å². The SMILES string of the molecule is Cc1ccc(Cl)c(Nc2nc(NN)c(Cl)cc2Cl)c1. The summed E-state index contributed by atoms with van der Waals surface area (Å²) in [4.78, 5) is 4.19. The number of nitrogens with one attached hydrogen (secondary N) is 2. The summed E-state index contributed by atoms with van der Waals surface area (Å²) in [6.07, 6.45) is 0. The molecule has 0 bridgehead atoms. The third-order valence-electron chi connectivity index (χ3n) is 2.44. The minimum Gasteiger partial charge on any atom is -0.338 e. The highest BCUT2D eigenvalue weighted by atomic mass is 35.5. The molecule has 100 valence electrons. The molecule has 1 aromatic heterocycles. The molecule has 0 unspecified atom stereocenters. The fourth-order valence-electron chi connectivity index (χ4n) is 1.52. The van der Waals surface area contributed by atoms with E-state index in [1.807, 2.05) is 19.1 Å². The molecule has 4 N–H and O–H groups in total. The second-order valence-corrected chi connectivity index (χ2v) is 5.12. The van der Waals surface area contributed by atoms with Crippen LogP contribution in [0.5, 0.6) is 0 Å². The second-order valence-electron chi connectivity index (χ2n) is 3.90. The van der Waals surface area contributed by atoms with Crippen molar-refractivity contribution in [3.05, 3.63) is 44.9 Å². The van der Waals surface area contributed by atoms with Crippen LogP contribution in [0.3, 0.4) is 0 Å². The maximum atomic E-state index is 6.10. The highest BCUT2D eigenvalue weighted by molar-refractivity contribution is 6.37. The molecule has 0 aliphatic rings. The topological polar surface area (TPSA) is 63.0 Å². The molecule has 0 atom stereocenters. The van der Waals surface area contributed by atoms with E-state index in [9.17, 15) is 0 Å². The van der Waals surface area contributed by atoms with E-state index in [0.717, 1.165) is 5.56 Å². The number of aryl methyl sites for hydroxylation is 1. The molecule has 0 radical (unpaired) electrons. The molecule has 0 aliphatic heterocycles. The molecule has 2 rings (SSSR count). The van der Waals surface area contributed by atoms with Gasteiger partial charge in [0.2, 0.25) is 0 Å². The molecule has 0 spiro atoms. The summed E-state index contributed by atoms with van der Waals surface area (Å²) in [5, 5.41) is 4.34. The molecule has 2 aromatic rings. The Morgan fingerprint density at radius 3 is 2.37 bits per heavy atom. The number of benzene rings is 1. The predicted molar refractivity (Wildman–Crippen MR) is 81.5 cm³/mol. The van der Waals surface area contributed by atoms with Crippen molar-refractivity contribution in [2.24, 2.45) is 5.84 Å². The van der Waals surface area contributed by atoms with Crippen molar-refractivity contribution < 1.29 is 0 Å². The third kappa shape index (κ3) is 3.22. The van der Waals surface area contributed by atoms with Gasteiger partial charge in [-0.3, -0.25) is 0 Å². The Morgan fingerprint density at radius 2 is 1.68 bits per heavy atom. The molecular weight excluding hydrogens is 307 g/mol. The Hall–Kier alpha value is -1.20. The van der Waals surface area contributed by atoms with Crippen molar-refractivity contribution in [1.82, 2.24) is 4.98 Å². The Kier molecular flexibility index (Phi) is 4.37. The maximum Gasteiger partial charge on any atom is 0.161 e. The van der Waals surface area contributed by atoms with Gasteiger partial charge in [-0.1, -0.05) is 40.9 Å². The van der Waals surface area contributed by atoms with Crippen LogP contribution in [0.25, 0.3) is 0 Å². The van der Waals surface area contributed by atoms with Gasteiger partial charge in [0.1, 0.15) is 0 Å². The van der Waals surface area contributed by atoms with Crippen molar-refractivity contribution in [2.75, 3.05) is 10.7 Å². The third-order valence-corrected chi connectivity index (χ3v) is 3.35. The fourth-order valence-corrected chi connectivity index (χ4v) is 2.14. The van der Waals surface area contributed by atoms with Crippen LogP contribution in [0.4, 0.5) is 17.3 Å². The number of hydrogen-bond acceptors (Lipinski definition) is 4. The van der Waals surface area contributed by atoms with Crippen LogP contribution >= 0.6 is 34.8 Å². The molecule has 19 heavy (non-hydrogen) atoms. The average Bonchev–Trinajstić information content (AvgIpc) is 2.37. The first-order chi connectivity index (χ1) is 9.01. The van der Waals surface area contributed by atoms with E-state index in [2.05, 4.69) is 15.7 Å². The van der Waals surface area contributed by atoms with Gasteiger partial charge in [0, 0.05) is 0 Å². The van der Waals surface area contributed by atoms with E-state index in [1.54, 1.807) is 12.1 Å². The number of nitrogen functional groups attached to an aromatic ring is 1. The van der Waals surface area contributed by atoms with E-state index >= 15 is 0 Å². The normalized spacial score (nSPS) is 10.4. The van der Waals surface area contributed by atoms with Crippen LogP contribution < -0.4 is 16.6 Å². The van der Waals surface area contributed by atoms with Crippen LogP contribution in [0.2, 0.25) is 15.1 Å². The van der Waals surface area contributed by atoms with Gasteiger partial charge in [-0.15, -0.1) is 0 Å². The largest absolute Gasteiger partial charge is 0.338 e. The number of nitrogens with zero attached hydrogens (tertiary/aromatic N) is 1. The second kappa shape index (κ2) is 5.84. The lowest BCUT2D eigenvalue weighted by atomic mass is 10.2. The molecule has 0 amide bonds. The summed E-state index contributed by atoms with van der Waals surface area (Å²) < 4.78 is 0. The lowest BCUT2D eigenvalue weighted by Gasteiger charge is -2.12. The van der Waals surface area contributed by atoms with Crippen molar-refractivity contribution >= 4 is 52.1 Å². The summed E-state index contributed by atoms with van der Waals surface area (Å²) in [7, 11) is 0. The summed E-state index contributed by atoms with van der Waals surface area (Å²) in [5.41, 5.74) is 4.17. The summed E-state index contributed by atoms with van der Waals surface area (Å²) in [5.74, 6) is 6.08. The van der Waals surface area contributed by atoms with E-state index in [0.29, 0.717) is 32.4 Å². The van der Waals surface area contributed by atoms with Crippen molar-refractivity contribution in [3.63, 3.8) is 0 Å². The number of hydrazine groups is 1. The van der Waals surface area contributed by atoms with Gasteiger partial charge in [0.05, 0.1) is 20.8 Å². The van der Waals surface area contributed by atoms with Gasteiger partial charge in [-0.25, -0.2) is 10.8 Å². The number of nitrogens with two attached hydrogens (primary N) is 1. The van der Waals surface area contributed by atoms with E-state index < -0.39 is 0 Å². The zero-order chi connectivity index (χ0) is 14.0. The average molecular weight is 318 g/mol. The van der Waals surface area contributed by atoms with Crippen LogP contribution in [-0.2, 0) is 0 Å². The predicted octanol–water partition coefficient (Wildman–Crippen LogP) is 4.38. The highest BCUT2D eigenvalue weighted by Crippen LogP contribution is 2.33. The summed E-state index contributed by atoms with van der Waals surface area (Å²) >= 11 is 18.1. The molecular formula is C12H11Cl3N4. The van der Waals surface area contributed by atoms with Gasteiger partial charge in [0.15, 0.2) is 11.6 Å². The van der Waals surface area contributed by atoms with Crippen molar-refractivity contribution in [2.45, 2.75) is 6.92 Å². The van der Waals surface area contributed by atoms with Crippen molar-refractivity contribution in [3.8, 4) is 0 Å². The zero-order valence-electron chi connectivity index (χ0n) is 9.97. The maximum absolute atomic E-state index is 6.10. The highest BCUT2D eigenvalue weighted by Gasteiger charge is 2.10. The van der Waals surface area contributed by atoms with Gasteiger partial charge < -0.3 is 10.7 Å². The number of halogens is 3. The first-order valence-electron chi connectivity index (χ1n) is 5.37. The first kappa shape index (κ1) is 14.2. The molecule has 0 saturated heterocycles. The van der Waals surface area contributed by atoms with Gasteiger partial charge >= 0.3 is 0 Å². The number of pyridine rings is 1. The van der Waals surface area contributed by atoms with Crippen LogP contribution in [-0.4, -0.2) is 4.98 Å². The molecule has 0 fully saturated rings. The lowest BCUT2D eigenvalue weighted by Crippen LogP contribution is -2.10. The summed E-state index contributed by atoms with van der Waals surface area (Å²) in [6.45, 7) is 1.96. The van der Waals surface area contributed by atoms with Gasteiger partial charge in [-0.2, -0.15) is 0 Å². The Morgan fingerprint density at radius 1 is 1.00 bits per heavy atom. The minimum atomic E-state index is 0.331. The van der Waals surface area contributed by atoms with Gasteiger partial charge in [-0.05, 0) is 30.7 Å². The number of anilines is 3. The number of hydrogen-bond donors (Lipinski definition) is 3. The van der Waals surface area contributed by atoms with Crippen LogP contribution in [0.1, 0.15) is 5.56 Å². The molecule has 4 nitrogen and oxygen atoms in total. The zero-order valence-corrected chi connectivity index (χ0v) is 12.2. The molecule has 1 aromatic carbocycles. The number of rotatable bonds is 3.